The number of carbonyl (C=O) groups is 1. The summed E-state index contributed by atoms with van der Waals surface area (Å²) < 4.78 is 27.0. The highest BCUT2D eigenvalue weighted by Gasteiger charge is 2.28. The normalized spacial score (nSPS) is 15.7. The van der Waals surface area contributed by atoms with Crippen molar-refractivity contribution in [3.8, 4) is 5.69 Å². The molecule has 0 aliphatic carbocycles. The predicted octanol–water partition coefficient (Wildman–Crippen LogP) is 3.33. The molecule has 2 aromatic carbocycles. The second kappa shape index (κ2) is 6.49. The highest BCUT2D eigenvalue weighted by atomic mass is 32.2. The number of benzene rings is 2. The van der Waals surface area contributed by atoms with Crippen LogP contribution in [0.2, 0.25) is 0 Å². The van der Waals surface area contributed by atoms with Gasteiger partial charge in [0.25, 0.3) is 5.91 Å². The largest absolute Gasteiger partial charge is 0.306 e. The fourth-order valence-corrected chi connectivity index (χ4v) is 4.20. The summed E-state index contributed by atoms with van der Waals surface area (Å²) in [5.74, 6) is 0.301. The van der Waals surface area contributed by atoms with Gasteiger partial charge in [0.05, 0.1) is 22.9 Å². The van der Waals surface area contributed by atoms with Crippen LogP contribution in [0, 0.1) is 12.7 Å². The van der Waals surface area contributed by atoms with E-state index in [1.807, 2.05) is 31.2 Å². The van der Waals surface area contributed by atoms with Gasteiger partial charge < -0.3 is 5.32 Å². The quantitative estimate of drug-likeness (QED) is 0.770. The van der Waals surface area contributed by atoms with E-state index in [2.05, 4.69) is 10.4 Å². The van der Waals surface area contributed by atoms with Crippen LogP contribution in [0.25, 0.3) is 5.69 Å². The number of carbonyl (C=O) groups excluding carboxylic acids is 1. The molecule has 0 saturated carbocycles. The maximum atomic E-state index is 13.4. The molecule has 1 unspecified atom stereocenters. The van der Waals surface area contributed by atoms with Crippen LogP contribution in [0.5, 0.6) is 0 Å². The molecule has 1 aliphatic heterocycles. The number of aromatic nitrogens is 2. The zero-order chi connectivity index (χ0) is 18.3. The minimum atomic E-state index is -1.02. The number of rotatable bonds is 3. The lowest BCUT2D eigenvalue weighted by molar-refractivity contribution is 0.102. The minimum absolute atomic E-state index is 0.217. The number of nitrogens with zero attached hydrogens (tertiary/aromatic N) is 2. The number of fused-ring (bicyclic) bond motifs is 1. The van der Waals surface area contributed by atoms with Gasteiger partial charge in [-0.3, -0.25) is 9.00 Å². The summed E-state index contributed by atoms with van der Waals surface area (Å²) in [6.07, 6.45) is 0. The molecule has 1 amide bonds. The van der Waals surface area contributed by atoms with Gasteiger partial charge in [0.2, 0.25) is 0 Å². The third-order valence-corrected chi connectivity index (χ3v) is 5.47. The standard InChI is InChI=1S/C19H16FN3O2S/c1-12-5-7-15(8-6-12)23-18(16-10-26(25)11-17(16)22-23)21-19(24)13-3-2-4-14(20)9-13/h2-9H,10-11H2,1H3,(H,21,24). The molecular weight excluding hydrogens is 353 g/mol. The molecule has 5 nitrogen and oxygen atoms in total. The lowest BCUT2D eigenvalue weighted by Crippen LogP contribution is -2.16. The average molecular weight is 369 g/mol. The Hall–Kier alpha value is -2.80. The molecule has 1 N–H and O–H groups in total. The molecule has 0 saturated heterocycles. The van der Waals surface area contributed by atoms with Crippen LogP contribution in [0.1, 0.15) is 27.2 Å². The smallest absolute Gasteiger partial charge is 0.256 e. The van der Waals surface area contributed by atoms with E-state index in [4.69, 9.17) is 0 Å². The first kappa shape index (κ1) is 16.7. The van der Waals surface area contributed by atoms with Crippen LogP contribution in [0.15, 0.2) is 48.5 Å². The van der Waals surface area contributed by atoms with E-state index >= 15 is 0 Å². The number of aryl methyl sites for hydroxylation is 1. The van der Waals surface area contributed by atoms with Crippen LogP contribution in [0.4, 0.5) is 10.2 Å². The van der Waals surface area contributed by atoms with Gasteiger partial charge >= 0.3 is 0 Å². The molecule has 132 valence electrons. The topological polar surface area (TPSA) is 64.0 Å². The number of amides is 1. The van der Waals surface area contributed by atoms with Crippen molar-refractivity contribution in [1.82, 2.24) is 9.78 Å². The van der Waals surface area contributed by atoms with Crippen LogP contribution in [-0.4, -0.2) is 19.9 Å². The van der Waals surface area contributed by atoms with Crippen molar-refractivity contribution in [3.05, 3.63) is 76.7 Å². The van der Waals surface area contributed by atoms with E-state index in [1.165, 1.54) is 18.2 Å². The molecule has 2 heterocycles. The van der Waals surface area contributed by atoms with E-state index in [1.54, 1.807) is 10.7 Å². The van der Waals surface area contributed by atoms with Crippen LogP contribution < -0.4 is 5.32 Å². The maximum Gasteiger partial charge on any atom is 0.256 e. The average Bonchev–Trinajstić information content (AvgIpc) is 3.13. The maximum absolute atomic E-state index is 13.4. The van der Waals surface area contributed by atoms with E-state index in [0.29, 0.717) is 17.3 Å². The fourth-order valence-electron chi connectivity index (χ4n) is 2.94. The molecule has 0 spiro atoms. The van der Waals surface area contributed by atoms with E-state index in [9.17, 15) is 13.4 Å². The highest BCUT2D eigenvalue weighted by Crippen LogP contribution is 2.31. The molecule has 26 heavy (non-hydrogen) atoms. The molecular formula is C19H16FN3O2S. The number of hydrogen-bond acceptors (Lipinski definition) is 3. The summed E-state index contributed by atoms with van der Waals surface area (Å²) in [4.78, 5) is 12.6. The lowest BCUT2D eigenvalue weighted by atomic mass is 10.2. The van der Waals surface area contributed by atoms with Gasteiger partial charge in [-0.25, -0.2) is 9.07 Å². The summed E-state index contributed by atoms with van der Waals surface area (Å²) in [7, 11) is -1.02. The van der Waals surface area contributed by atoms with Gasteiger partial charge in [0.15, 0.2) is 0 Å². The van der Waals surface area contributed by atoms with E-state index in [-0.39, 0.29) is 5.56 Å². The molecule has 0 bridgehead atoms. The molecule has 3 aromatic rings. The summed E-state index contributed by atoms with van der Waals surface area (Å²) in [5.41, 5.74) is 3.62. The van der Waals surface area contributed by atoms with Gasteiger partial charge in [0.1, 0.15) is 11.6 Å². The number of nitrogens with one attached hydrogen (secondary N) is 1. The van der Waals surface area contributed by atoms with Crippen LogP contribution in [-0.2, 0) is 22.3 Å². The monoisotopic (exact) mass is 369 g/mol. The number of hydrogen-bond donors (Lipinski definition) is 1. The van der Waals surface area contributed by atoms with Crippen molar-refractivity contribution >= 4 is 22.5 Å². The Kier molecular flexibility index (Phi) is 4.16. The Bertz CT molecular complexity index is 1030. The van der Waals surface area contributed by atoms with Crippen LogP contribution in [0.3, 0.4) is 0 Å². The molecule has 0 radical (unpaired) electrons. The van der Waals surface area contributed by atoms with Crippen LogP contribution >= 0.6 is 0 Å². The summed E-state index contributed by atoms with van der Waals surface area (Å²) >= 11 is 0. The number of halogens is 1. The Morgan fingerprint density at radius 1 is 1.19 bits per heavy atom. The molecule has 4 rings (SSSR count). The summed E-state index contributed by atoms with van der Waals surface area (Å²) in [6.45, 7) is 1.99. The fraction of sp³-hybridized carbons (Fsp3) is 0.158. The highest BCUT2D eigenvalue weighted by molar-refractivity contribution is 7.83. The van der Waals surface area contributed by atoms with Crippen molar-refractivity contribution in [3.63, 3.8) is 0 Å². The summed E-state index contributed by atoms with van der Waals surface area (Å²) in [5, 5.41) is 7.37. The van der Waals surface area contributed by atoms with Crippen molar-refractivity contribution in [2.75, 3.05) is 5.32 Å². The zero-order valence-corrected chi connectivity index (χ0v) is 14.8. The second-order valence-corrected chi connectivity index (χ2v) is 7.67. The molecule has 7 heteroatoms. The summed E-state index contributed by atoms with van der Waals surface area (Å²) in [6, 6.07) is 13.2. The minimum Gasteiger partial charge on any atom is -0.306 e. The van der Waals surface area contributed by atoms with Crippen molar-refractivity contribution < 1.29 is 13.4 Å². The van der Waals surface area contributed by atoms with Crippen molar-refractivity contribution in [2.24, 2.45) is 0 Å². The SMILES string of the molecule is Cc1ccc(-n2nc3c(c2NC(=O)c2cccc(F)c2)CS(=O)C3)cc1. The third-order valence-electron chi connectivity index (χ3n) is 4.27. The van der Waals surface area contributed by atoms with Gasteiger partial charge in [-0.05, 0) is 37.3 Å². The van der Waals surface area contributed by atoms with E-state index in [0.717, 1.165) is 22.5 Å². The molecule has 1 aliphatic rings. The first-order chi connectivity index (χ1) is 12.5. The van der Waals surface area contributed by atoms with Gasteiger partial charge in [-0.2, -0.15) is 5.10 Å². The number of anilines is 1. The molecule has 1 atom stereocenters. The Morgan fingerprint density at radius 3 is 2.69 bits per heavy atom. The van der Waals surface area contributed by atoms with Crippen molar-refractivity contribution in [1.29, 1.82) is 0 Å². The first-order valence-electron chi connectivity index (χ1n) is 8.11. The predicted molar refractivity (Wildman–Crippen MR) is 98.2 cm³/mol. The Labute approximate surface area is 152 Å². The molecule has 0 fully saturated rings. The first-order valence-corrected chi connectivity index (χ1v) is 9.60. The van der Waals surface area contributed by atoms with Crippen molar-refractivity contribution in [2.45, 2.75) is 18.4 Å². The third kappa shape index (κ3) is 3.06. The van der Waals surface area contributed by atoms with E-state index < -0.39 is 22.5 Å². The van der Waals surface area contributed by atoms with Gasteiger partial charge in [0, 0.05) is 21.9 Å². The Morgan fingerprint density at radius 2 is 1.96 bits per heavy atom. The Balaban J connectivity index is 1.75. The zero-order valence-electron chi connectivity index (χ0n) is 14.0. The van der Waals surface area contributed by atoms with Gasteiger partial charge in [-0.15, -0.1) is 0 Å². The molecule has 1 aromatic heterocycles. The lowest BCUT2D eigenvalue weighted by Gasteiger charge is -2.11. The van der Waals surface area contributed by atoms with Gasteiger partial charge in [-0.1, -0.05) is 23.8 Å². The second-order valence-electron chi connectivity index (χ2n) is 6.21.